The van der Waals surface area contributed by atoms with Gasteiger partial charge in [0.25, 0.3) is 0 Å². The number of nitriles is 1. The van der Waals surface area contributed by atoms with Crippen LogP contribution in [0.4, 0.5) is 0 Å². The number of aryl methyl sites for hydroxylation is 2. The van der Waals surface area contributed by atoms with Crippen LogP contribution in [0.25, 0.3) is 72.8 Å². The van der Waals surface area contributed by atoms with Crippen molar-refractivity contribution < 1.29 is 0 Å². The third-order valence-corrected chi connectivity index (χ3v) is 12.0. The van der Waals surface area contributed by atoms with E-state index in [0.29, 0.717) is 23.0 Å². The molecule has 0 atom stereocenters. The second-order valence-corrected chi connectivity index (χ2v) is 18.8. The zero-order valence-electron chi connectivity index (χ0n) is 35.2. The second-order valence-electron chi connectivity index (χ2n) is 18.8. The lowest BCUT2D eigenvalue weighted by atomic mass is 9.82. The smallest absolute Gasteiger partial charge is 0.166 e. The van der Waals surface area contributed by atoms with Gasteiger partial charge in [-0.25, -0.2) is 15.0 Å². The summed E-state index contributed by atoms with van der Waals surface area (Å²) in [5, 5.41) is 12.7. The van der Waals surface area contributed by atoms with Gasteiger partial charge in [0.1, 0.15) is 0 Å². The van der Waals surface area contributed by atoms with Crippen LogP contribution >= 0.6 is 0 Å². The molecule has 0 spiro atoms. The summed E-state index contributed by atoms with van der Waals surface area (Å²) in [5.74, 6) is 1.71. The Morgan fingerprint density at radius 3 is 1.74 bits per heavy atom. The molecule has 0 unspecified atom stereocenters. The number of nitrogens with zero attached hydrogens (tertiary/aromatic N) is 5. The molecule has 2 heterocycles. The summed E-state index contributed by atoms with van der Waals surface area (Å²) in [7, 11) is 0. The summed E-state index contributed by atoms with van der Waals surface area (Å²) < 4.78 is 2.35. The van der Waals surface area contributed by atoms with Crippen LogP contribution in [-0.2, 0) is 16.2 Å². The van der Waals surface area contributed by atoms with Gasteiger partial charge < -0.3 is 4.57 Å². The molecule has 0 bridgehead atoms. The van der Waals surface area contributed by atoms with Gasteiger partial charge in [0.2, 0.25) is 0 Å². The maximum Gasteiger partial charge on any atom is 0.166 e. The molecule has 0 amide bonds. The van der Waals surface area contributed by atoms with Crippen LogP contribution in [-0.4, -0.2) is 19.5 Å². The quantitative estimate of drug-likeness (QED) is 0.179. The Labute approximate surface area is 342 Å². The molecule has 1 aliphatic carbocycles. The van der Waals surface area contributed by atoms with E-state index in [0.717, 1.165) is 44.5 Å². The van der Waals surface area contributed by atoms with Gasteiger partial charge in [-0.2, -0.15) is 5.26 Å². The van der Waals surface area contributed by atoms with E-state index >= 15 is 0 Å². The number of fused-ring (bicyclic) bond motifs is 6. The highest BCUT2D eigenvalue weighted by Gasteiger charge is 2.36. The lowest BCUT2D eigenvalue weighted by molar-refractivity contribution is 0.589. The third-order valence-electron chi connectivity index (χ3n) is 12.0. The number of para-hydroxylation sites is 1. The maximum absolute atomic E-state index is 10.4. The van der Waals surface area contributed by atoms with Gasteiger partial charge in [-0.15, -0.1) is 0 Å². The van der Waals surface area contributed by atoms with E-state index in [1.54, 1.807) is 0 Å². The van der Waals surface area contributed by atoms with Crippen molar-refractivity contribution in [3.05, 3.63) is 154 Å². The highest BCUT2D eigenvalue weighted by Crippen LogP contribution is 2.51. The largest absolute Gasteiger partial charge is 0.308 e. The fraction of sp³-hybridized carbons (Fsp3) is 0.245. The standard InChI is InChI=1S/C53H49N5/c1-31-21-34(26-36(23-31)51(3,4)5)48-55-49(35-22-32(2)24-37(27-35)52(6,7)8)57-50(56-48)42-25-33(30-54)19-20-46(42)58-45-18-14-12-16-39(45)41-28-40-38-15-11-13-17-43(38)53(9,10)44(40)29-47(41)58/h11-29H,1-10H3. The minimum absolute atomic E-state index is 0.0709. The summed E-state index contributed by atoms with van der Waals surface area (Å²) in [6.45, 7) is 22.3. The van der Waals surface area contributed by atoms with Gasteiger partial charge in [-0.05, 0) is 119 Å². The van der Waals surface area contributed by atoms with E-state index in [4.69, 9.17) is 15.0 Å². The van der Waals surface area contributed by atoms with Crippen molar-refractivity contribution in [2.45, 2.75) is 85.5 Å². The van der Waals surface area contributed by atoms with Crippen molar-refractivity contribution in [2.75, 3.05) is 0 Å². The SMILES string of the molecule is Cc1cc(-c2nc(-c3cc(C)cc(C(C)(C)C)c3)nc(-c3cc(C#N)ccc3-n3c4ccccc4c4cc5c(cc43)C(C)(C)c3ccccc3-5)n2)cc(C(C)(C)C)c1. The van der Waals surface area contributed by atoms with Crippen LogP contribution < -0.4 is 0 Å². The zero-order valence-corrected chi connectivity index (χ0v) is 35.2. The first-order chi connectivity index (χ1) is 27.5. The first-order valence-corrected chi connectivity index (χ1v) is 20.2. The number of hydrogen-bond donors (Lipinski definition) is 0. The summed E-state index contributed by atoms with van der Waals surface area (Å²) in [4.78, 5) is 15.9. The highest BCUT2D eigenvalue weighted by molar-refractivity contribution is 6.12. The highest BCUT2D eigenvalue weighted by atomic mass is 15.1. The van der Waals surface area contributed by atoms with Crippen LogP contribution in [0.1, 0.15) is 94.3 Å². The van der Waals surface area contributed by atoms with Crippen molar-refractivity contribution in [3.8, 4) is 57.0 Å². The molecule has 9 rings (SSSR count). The second kappa shape index (κ2) is 13.1. The van der Waals surface area contributed by atoms with Gasteiger partial charge >= 0.3 is 0 Å². The summed E-state index contributed by atoms with van der Waals surface area (Å²) in [5.41, 5.74) is 15.9. The molecule has 5 nitrogen and oxygen atoms in total. The molecule has 5 heteroatoms. The zero-order chi connectivity index (χ0) is 40.9. The van der Waals surface area contributed by atoms with E-state index in [-0.39, 0.29) is 16.2 Å². The molecule has 0 N–H and O–H groups in total. The molecule has 58 heavy (non-hydrogen) atoms. The van der Waals surface area contributed by atoms with E-state index in [1.807, 2.05) is 12.1 Å². The van der Waals surface area contributed by atoms with Crippen LogP contribution in [0, 0.1) is 25.2 Å². The van der Waals surface area contributed by atoms with Crippen LogP contribution in [0.2, 0.25) is 0 Å². The van der Waals surface area contributed by atoms with Crippen molar-refractivity contribution in [3.63, 3.8) is 0 Å². The van der Waals surface area contributed by atoms with Gasteiger partial charge in [0, 0.05) is 32.9 Å². The summed E-state index contributed by atoms with van der Waals surface area (Å²) in [6.07, 6.45) is 0. The Morgan fingerprint density at radius 2 is 1.12 bits per heavy atom. The average Bonchev–Trinajstić information content (AvgIpc) is 3.63. The van der Waals surface area contributed by atoms with Gasteiger partial charge in [-0.1, -0.05) is 121 Å². The fourth-order valence-corrected chi connectivity index (χ4v) is 8.85. The number of aromatic nitrogens is 4. The fourth-order valence-electron chi connectivity index (χ4n) is 8.85. The molecule has 0 aliphatic heterocycles. The molecule has 2 aromatic heterocycles. The molecule has 1 aliphatic rings. The third kappa shape index (κ3) is 6.10. The Hall–Kier alpha value is -6.38. The number of benzene rings is 6. The molecule has 0 radical (unpaired) electrons. The van der Waals surface area contributed by atoms with Crippen molar-refractivity contribution in [2.24, 2.45) is 0 Å². The molecule has 8 aromatic rings. The normalized spacial score (nSPS) is 13.5. The monoisotopic (exact) mass is 755 g/mol. The van der Waals surface area contributed by atoms with Crippen molar-refractivity contribution >= 4 is 21.8 Å². The Bertz CT molecular complexity index is 2950. The van der Waals surface area contributed by atoms with Gasteiger partial charge in [0.15, 0.2) is 17.5 Å². The summed E-state index contributed by atoms with van der Waals surface area (Å²) >= 11 is 0. The molecule has 0 fully saturated rings. The molecule has 0 saturated carbocycles. The van der Waals surface area contributed by atoms with Gasteiger partial charge in [-0.3, -0.25) is 0 Å². The lowest BCUT2D eigenvalue weighted by Gasteiger charge is -2.22. The van der Waals surface area contributed by atoms with Crippen molar-refractivity contribution in [1.29, 1.82) is 5.26 Å². The predicted octanol–water partition coefficient (Wildman–Crippen LogP) is 13.4. The Kier molecular flexibility index (Phi) is 8.39. The number of rotatable bonds is 4. The first kappa shape index (κ1) is 37.2. The van der Waals surface area contributed by atoms with Gasteiger partial charge in [0.05, 0.1) is 28.4 Å². The van der Waals surface area contributed by atoms with Crippen molar-refractivity contribution in [1.82, 2.24) is 19.5 Å². The van der Waals surface area contributed by atoms with E-state index in [9.17, 15) is 5.26 Å². The van der Waals surface area contributed by atoms with E-state index < -0.39 is 0 Å². The summed E-state index contributed by atoms with van der Waals surface area (Å²) in [6, 6.07) is 43.7. The average molecular weight is 756 g/mol. The first-order valence-electron chi connectivity index (χ1n) is 20.2. The molecular formula is C53H49N5. The Morgan fingerprint density at radius 1 is 0.534 bits per heavy atom. The van der Waals surface area contributed by atoms with Crippen LogP contribution in [0.15, 0.2) is 115 Å². The molecular weight excluding hydrogens is 707 g/mol. The van der Waals surface area contributed by atoms with E-state index in [1.165, 1.54) is 44.2 Å². The molecule has 6 aromatic carbocycles. The Balaban J connectivity index is 1.35. The van der Waals surface area contributed by atoms with E-state index in [2.05, 4.69) is 183 Å². The topological polar surface area (TPSA) is 67.4 Å². The minimum Gasteiger partial charge on any atom is -0.308 e. The maximum atomic E-state index is 10.4. The predicted molar refractivity (Wildman–Crippen MR) is 240 cm³/mol. The number of hydrogen-bond acceptors (Lipinski definition) is 4. The molecule has 0 saturated heterocycles. The van der Waals surface area contributed by atoms with Crippen LogP contribution in [0.3, 0.4) is 0 Å². The minimum atomic E-state index is -0.174. The van der Waals surface area contributed by atoms with Crippen LogP contribution in [0.5, 0.6) is 0 Å². The lowest BCUT2D eigenvalue weighted by Crippen LogP contribution is -2.15. The molecule has 286 valence electrons.